The topological polar surface area (TPSA) is 37.3 Å². The second-order valence-electron chi connectivity index (χ2n) is 5.38. The highest BCUT2D eigenvalue weighted by atomic mass is 16.3. The Kier molecular flexibility index (Phi) is 3.12. The van der Waals surface area contributed by atoms with Crippen LogP contribution in [0.4, 0.5) is 0 Å². The summed E-state index contributed by atoms with van der Waals surface area (Å²) >= 11 is 0. The van der Waals surface area contributed by atoms with Crippen molar-refractivity contribution in [2.24, 2.45) is 5.41 Å². The zero-order chi connectivity index (χ0) is 13.3. The smallest absolute Gasteiger partial charge is 0.193 e. The van der Waals surface area contributed by atoms with Crippen LogP contribution in [0.25, 0.3) is 0 Å². The number of hydrogen-bond donors (Lipinski definition) is 1. The lowest BCUT2D eigenvalue weighted by Crippen LogP contribution is -2.22. The lowest BCUT2D eigenvalue weighted by molar-refractivity contribution is 0.101. The molecular weight excluding hydrogens is 224 g/mol. The van der Waals surface area contributed by atoms with E-state index in [1.54, 1.807) is 24.3 Å². The van der Waals surface area contributed by atoms with Crippen LogP contribution in [0.15, 0.2) is 47.6 Å². The Morgan fingerprint density at radius 2 is 1.94 bits per heavy atom. The molecule has 0 heterocycles. The van der Waals surface area contributed by atoms with Crippen molar-refractivity contribution in [3.8, 4) is 5.75 Å². The second kappa shape index (κ2) is 4.45. The summed E-state index contributed by atoms with van der Waals surface area (Å²) in [5.41, 5.74) is 2.13. The number of phenols is 1. The summed E-state index contributed by atoms with van der Waals surface area (Å²) in [6.07, 6.45) is 4.91. The molecule has 1 aliphatic rings. The molecule has 0 radical (unpaired) electrons. The van der Waals surface area contributed by atoms with Gasteiger partial charge in [0.25, 0.3) is 0 Å². The third kappa shape index (κ3) is 2.23. The maximum absolute atomic E-state index is 12.5. The van der Waals surface area contributed by atoms with Gasteiger partial charge in [-0.2, -0.15) is 0 Å². The molecule has 2 heteroatoms. The van der Waals surface area contributed by atoms with Crippen molar-refractivity contribution in [2.75, 3.05) is 0 Å². The molecule has 1 aromatic rings. The van der Waals surface area contributed by atoms with Gasteiger partial charge < -0.3 is 5.11 Å². The summed E-state index contributed by atoms with van der Waals surface area (Å²) < 4.78 is 0. The first-order valence-corrected chi connectivity index (χ1v) is 6.13. The Hall–Kier alpha value is -1.83. The zero-order valence-corrected chi connectivity index (χ0v) is 11.0. The fraction of sp³-hybridized carbons (Fsp3) is 0.312. The average Bonchev–Trinajstić information content (AvgIpc) is 2.27. The predicted molar refractivity (Wildman–Crippen MR) is 72.7 cm³/mol. The number of para-hydroxylation sites is 1. The highest BCUT2D eigenvalue weighted by molar-refractivity contribution is 6.11. The lowest BCUT2D eigenvalue weighted by atomic mass is 9.75. The predicted octanol–water partition coefficient (Wildman–Crippen LogP) is 3.88. The van der Waals surface area contributed by atoms with Gasteiger partial charge in [0.05, 0.1) is 5.56 Å². The van der Waals surface area contributed by atoms with Crippen molar-refractivity contribution in [1.82, 2.24) is 0 Å². The van der Waals surface area contributed by atoms with Crippen LogP contribution < -0.4 is 0 Å². The molecule has 2 nitrogen and oxygen atoms in total. The van der Waals surface area contributed by atoms with Gasteiger partial charge in [-0.1, -0.05) is 43.7 Å². The minimum atomic E-state index is -0.276. The summed E-state index contributed by atoms with van der Waals surface area (Å²) in [5, 5.41) is 9.77. The van der Waals surface area contributed by atoms with Crippen LogP contribution in [0.1, 0.15) is 37.6 Å². The highest BCUT2D eigenvalue weighted by Crippen LogP contribution is 2.37. The van der Waals surface area contributed by atoms with E-state index in [4.69, 9.17) is 0 Å². The highest BCUT2D eigenvalue weighted by Gasteiger charge is 2.30. The number of carbonyl (C=O) groups is 1. The van der Waals surface area contributed by atoms with Crippen LogP contribution in [0.5, 0.6) is 5.75 Å². The van der Waals surface area contributed by atoms with Crippen molar-refractivity contribution in [3.63, 3.8) is 0 Å². The Bertz CT molecular complexity index is 548. The molecule has 0 amide bonds. The van der Waals surface area contributed by atoms with Gasteiger partial charge in [0.1, 0.15) is 5.75 Å². The van der Waals surface area contributed by atoms with E-state index in [-0.39, 0.29) is 16.9 Å². The van der Waals surface area contributed by atoms with Crippen LogP contribution in [-0.4, -0.2) is 10.9 Å². The molecule has 0 unspecified atom stereocenters. The molecule has 0 fully saturated rings. The number of ketones is 1. The third-order valence-electron chi connectivity index (χ3n) is 3.32. The molecular formula is C16H18O2. The molecule has 0 saturated carbocycles. The monoisotopic (exact) mass is 242 g/mol. The molecule has 1 aromatic carbocycles. The number of aromatic hydroxyl groups is 1. The van der Waals surface area contributed by atoms with Gasteiger partial charge in [0.15, 0.2) is 5.78 Å². The van der Waals surface area contributed by atoms with Gasteiger partial charge in [-0.15, -0.1) is 0 Å². The van der Waals surface area contributed by atoms with E-state index in [9.17, 15) is 9.90 Å². The van der Waals surface area contributed by atoms with Gasteiger partial charge in [-0.25, -0.2) is 0 Å². The number of hydrogen-bond acceptors (Lipinski definition) is 2. The van der Waals surface area contributed by atoms with Crippen LogP contribution >= 0.6 is 0 Å². The number of allylic oxidation sites excluding steroid dienone is 4. The summed E-state index contributed by atoms with van der Waals surface area (Å²) in [4.78, 5) is 12.5. The SMILES string of the molecule is CC1=CC(C)(C)C(C(=O)c2ccccc2O)=CC1. The maximum atomic E-state index is 12.5. The van der Waals surface area contributed by atoms with E-state index in [0.29, 0.717) is 5.56 Å². The van der Waals surface area contributed by atoms with Crippen molar-refractivity contribution in [2.45, 2.75) is 27.2 Å². The minimum absolute atomic E-state index is 0.0467. The van der Waals surface area contributed by atoms with Crippen LogP contribution in [0.3, 0.4) is 0 Å². The molecule has 2 rings (SSSR count). The number of Topliss-reactive ketones (excluding diaryl/α,β-unsaturated/α-hetero) is 1. The molecule has 94 valence electrons. The summed E-state index contributed by atoms with van der Waals surface area (Å²) in [5.74, 6) is -0.0349. The lowest BCUT2D eigenvalue weighted by Gasteiger charge is -2.28. The molecule has 0 bridgehead atoms. The molecule has 0 aromatic heterocycles. The van der Waals surface area contributed by atoms with Gasteiger partial charge in [-0.05, 0) is 25.5 Å². The molecule has 0 atom stereocenters. The summed E-state index contributed by atoms with van der Waals surface area (Å²) in [7, 11) is 0. The van der Waals surface area contributed by atoms with E-state index < -0.39 is 0 Å². The van der Waals surface area contributed by atoms with Crippen molar-refractivity contribution in [3.05, 3.63) is 53.1 Å². The van der Waals surface area contributed by atoms with E-state index in [0.717, 1.165) is 12.0 Å². The minimum Gasteiger partial charge on any atom is -0.507 e. The Morgan fingerprint density at radius 3 is 2.56 bits per heavy atom. The summed E-state index contributed by atoms with van der Waals surface area (Å²) in [6.45, 7) is 6.12. The molecule has 1 aliphatic carbocycles. The van der Waals surface area contributed by atoms with E-state index in [1.165, 1.54) is 5.57 Å². The van der Waals surface area contributed by atoms with Crippen molar-refractivity contribution < 1.29 is 9.90 Å². The van der Waals surface area contributed by atoms with Gasteiger partial charge in [0, 0.05) is 11.0 Å². The van der Waals surface area contributed by atoms with E-state index in [2.05, 4.69) is 13.0 Å². The van der Waals surface area contributed by atoms with Crippen LogP contribution in [0, 0.1) is 5.41 Å². The molecule has 1 N–H and O–H groups in total. The van der Waals surface area contributed by atoms with E-state index in [1.807, 2.05) is 19.9 Å². The number of rotatable bonds is 2. The largest absolute Gasteiger partial charge is 0.507 e. The van der Waals surface area contributed by atoms with Crippen molar-refractivity contribution in [1.29, 1.82) is 0 Å². The molecule has 0 saturated heterocycles. The summed E-state index contributed by atoms with van der Waals surface area (Å²) in [6, 6.07) is 6.70. The number of carbonyl (C=O) groups excluding carboxylic acids is 1. The fourth-order valence-corrected chi connectivity index (χ4v) is 2.47. The van der Waals surface area contributed by atoms with Gasteiger partial charge in [-0.3, -0.25) is 4.79 Å². The fourth-order valence-electron chi connectivity index (χ4n) is 2.47. The first kappa shape index (κ1) is 12.6. The first-order valence-electron chi connectivity index (χ1n) is 6.13. The van der Waals surface area contributed by atoms with Crippen LogP contribution in [-0.2, 0) is 0 Å². The van der Waals surface area contributed by atoms with Gasteiger partial charge in [0.2, 0.25) is 0 Å². The third-order valence-corrected chi connectivity index (χ3v) is 3.32. The molecule has 0 spiro atoms. The number of benzene rings is 1. The van der Waals surface area contributed by atoms with E-state index >= 15 is 0 Å². The normalized spacial score (nSPS) is 17.9. The Labute approximate surface area is 108 Å². The second-order valence-corrected chi connectivity index (χ2v) is 5.38. The van der Waals surface area contributed by atoms with Crippen LogP contribution in [0.2, 0.25) is 0 Å². The first-order chi connectivity index (χ1) is 8.42. The zero-order valence-electron chi connectivity index (χ0n) is 11.0. The van der Waals surface area contributed by atoms with Crippen molar-refractivity contribution >= 4 is 5.78 Å². The van der Waals surface area contributed by atoms with Gasteiger partial charge >= 0.3 is 0 Å². The molecule has 0 aliphatic heterocycles. The average molecular weight is 242 g/mol. The maximum Gasteiger partial charge on any atom is 0.193 e. The number of phenolic OH excluding ortho intramolecular Hbond substituents is 1. The quantitative estimate of drug-likeness (QED) is 0.631. The standard InChI is InChI=1S/C16H18O2/c1-11-8-9-13(16(2,3)10-11)15(18)12-6-4-5-7-14(12)17/h4-7,9-10,17H,8H2,1-3H3. The Morgan fingerprint density at radius 1 is 1.28 bits per heavy atom. The molecule has 18 heavy (non-hydrogen) atoms. The Balaban J connectivity index is 2.40.